The number of nitrogens with zero attached hydrogens (tertiary/aromatic N) is 1. The summed E-state index contributed by atoms with van der Waals surface area (Å²) in [6.07, 6.45) is 9.31. The predicted octanol–water partition coefficient (Wildman–Crippen LogP) is 3.55. The minimum Gasteiger partial charge on any atom is -0.469 e. The van der Waals surface area contributed by atoms with E-state index in [0.717, 1.165) is 12.8 Å². The van der Waals surface area contributed by atoms with Crippen LogP contribution in [0.3, 0.4) is 0 Å². The second kappa shape index (κ2) is 12.3. The topological polar surface area (TPSA) is 55.8 Å². The molecule has 1 amide bonds. The Morgan fingerprint density at radius 1 is 1.08 bits per heavy atom. The number of esters is 1. The molecule has 0 radical (unpaired) electrons. The van der Waals surface area contributed by atoms with Crippen LogP contribution in [0, 0.1) is 5.92 Å². The summed E-state index contributed by atoms with van der Waals surface area (Å²) in [5.41, 5.74) is 0. The van der Waals surface area contributed by atoms with E-state index in [4.69, 9.17) is 9.47 Å². The van der Waals surface area contributed by atoms with Crippen LogP contribution in [-0.4, -0.2) is 49.7 Å². The molecule has 0 unspecified atom stereocenters. The van der Waals surface area contributed by atoms with Gasteiger partial charge in [-0.15, -0.1) is 0 Å². The van der Waals surface area contributed by atoms with E-state index in [-0.39, 0.29) is 24.4 Å². The van der Waals surface area contributed by atoms with Crippen molar-refractivity contribution in [3.05, 3.63) is 0 Å². The van der Waals surface area contributed by atoms with Gasteiger partial charge in [-0.05, 0) is 32.6 Å². The van der Waals surface area contributed by atoms with Crippen LogP contribution in [0.1, 0.15) is 71.6 Å². The Bertz CT molecular complexity index is 364. The van der Waals surface area contributed by atoms with E-state index in [2.05, 4.69) is 0 Å². The van der Waals surface area contributed by atoms with Crippen LogP contribution < -0.4 is 0 Å². The molecule has 1 saturated carbocycles. The number of rotatable bonds is 11. The Hall–Kier alpha value is -1.10. The number of methoxy groups -OCH3 is 1. The van der Waals surface area contributed by atoms with E-state index in [9.17, 15) is 9.59 Å². The van der Waals surface area contributed by atoms with E-state index in [1.165, 1.54) is 39.2 Å². The number of carbonyl (C=O) groups excluding carboxylic acids is 2. The van der Waals surface area contributed by atoms with Gasteiger partial charge >= 0.3 is 5.97 Å². The molecular formula is C19H35NO4. The molecular weight excluding hydrogens is 306 g/mol. The van der Waals surface area contributed by atoms with E-state index in [0.29, 0.717) is 32.0 Å². The summed E-state index contributed by atoms with van der Waals surface area (Å²) in [6.45, 7) is 5.74. The molecule has 0 heterocycles. The summed E-state index contributed by atoms with van der Waals surface area (Å²) in [7, 11) is 1.38. The average molecular weight is 341 g/mol. The molecule has 0 aromatic rings. The molecule has 0 spiro atoms. The zero-order chi connectivity index (χ0) is 17.8. The van der Waals surface area contributed by atoms with Crippen LogP contribution in [0.4, 0.5) is 0 Å². The summed E-state index contributed by atoms with van der Waals surface area (Å²) in [5, 5.41) is 0. The smallest absolute Gasteiger partial charge is 0.307 e. The van der Waals surface area contributed by atoms with Crippen molar-refractivity contribution in [1.82, 2.24) is 4.90 Å². The number of amides is 1. The first kappa shape index (κ1) is 20.9. The Balaban J connectivity index is 2.38. The first-order valence-corrected chi connectivity index (χ1v) is 9.49. The van der Waals surface area contributed by atoms with Gasteiger partial charge in [-0.3, -0.25) is 9.59 Å². The van der Waals surface area contributed by atoms with Crippen LogP contribution in [0.25, 0.3) is 0 Å². The van der Waals surface area contributed by atoms with Crippen LogP contribution in [0.15, 0.2) is 0 Å². The van der Waals surface area contributed by atoms with Gasteiger partial charge in [-0.1, -0.05) is 32.1 Å². The predicted molar refractivity (Wildman–Crippen MR) is 94.7 cm³/mol. The molecule has 140 valence electrons. The lowest BCUT2D eigenvalue weighted by molar-refractivity contribution is -0.141. The number of carbonyl (C=O) groups is 2. The van der Waals surface area contributed by atoms with Crippen LogP contribution >= 0.6 is 0 Å². The second-order valence-electron chi connectivity index (χ2n) is 7.02. The van der Waals surface area contributed by atoms with Crippen molar-refractivity contribution in [2.45, 2.75) is 77.7 Å². The molecule has 0 atom stereocenters. The van der Waals surface area contributed by atoms with Crippen LogP contribution in [0.2, 0.25) is 0 Å². The van der Waals surface area contributed by atoms with E-state index < -0.39 is 0 Å². The lowest BCUT2D eigenvalue weighted by atomic mass is 9.86. The minimum atomic E-state index is -0.265. The summed E-state index contributed by atoms with van der Waals surface area (Å²) < 4.78 is 10.2. The fourth-order valence-electron chi connectivity index (χ4n) is 3.23. The Kier molecular flexibility index (Phi) is 10.7. The molecule has 0 aromatic carbocycles. The van der Waals surface area contributed by atoms with Crippen molar-refractivity contribution in [2.24, 2.45) is 5.92 Å². The Morgan fingerprint density at radius 2 is 1.79 bits per heavy atom. The van der Waals surface area contributed by atoms with Gasteiger partial charge in [0.2, 0.25) is 5.91 Å². The molecule has 0 aromatic heterocycles. The maximum atomic E-state index is 12.5. The van der Waals surface area contributed by atoms with Crippen molar-refractivity contribution in [1.29, 1.82) is 0 Å². The molecule has 1 aliphatic rings. The normalized spacial score (nSPS) is 15.5. The molecule has 1 aliphatic carbocycles. The Labute approximate surface area is 147 Å². The summed E-state index contributed by atoms with van der Waals surface area (Å²) in [6, 6.07) is 0. The number of hydrogen-bond donors (Lipinski definition) is 0. The Morgan fingerprint density at radius 3 is 2.42 bits per heavy atom. The molecule has 1 fully saturated rings. The third-order valence-corrected chi connectivity index (χ3v) is 4.68. The first-order valence-electron chi connectivity index (χ1n) is 9.49. The van der Waals surface area contributed by atoms with Gasteiger partial charge in [0, 0.05) is 26.1 Å². The van der Waals surface area contributed by atoms with Gasteiger partial charge in [-0.2, -0.15) is 0 Å². The van der Waals surface area contributed by atoms with Crippen LogP contribution in [0.5, 0.6) is 0 Å². The third kappa shape index (κ3) is 9.26. The largest absolute Gasteiger partial charge is 0.469 e. The summed E-state index contributed by atoms with van der Waals surface area (Å²) >= 11 is 0. The van der Waals surface area contributed by atoms with Crippen molar-refractivity contribution < 1.29 is 19.1 Å². The lowest BCUT2D eigenvalue weighted by Gasteiger charge is -2.25. The third-order valence-electron chi connectivity index (χ3n) is 4.68. The maximum absolute atomic E-state index is 12.5. The van der Waals surface area contributed by atoms with Crippen molar-refractivity contribution in [3.8, 4) is 0 Å². The molecule has 0 N–H and O–H groups in total. The molecule has 5 heteroatoms. The van der Waals surface area contributed by atoms with Gasteiger partial charge in [0.25, 0.3) is 0 Å². The number of ether oxygens (including phenoxy) is 2. The van der Waals surface area contributed by atoms with E-state index >= 15 is 0 Å². The molecule has 0 aliphatic heterocycles. The van der Waals surface area contributed by atoms with Gasteiger partial charge in [0.05, 0.1) is 19.6 Å². The van der Waals surface area contributed by atoms with E-state index in [1.54, 1.807) is 0 Å². The van der Waals surface area contributed by atoms with E-state index in [1.807, 2.05) is 18.7 Å². The van der Waals surface area contributed by atoms with Crippen molar-refractivity contribution in [3.63, 3.8) is 0 Å². The molecule has 0 bridgehead atoms. The fraction of sp³-hybridized carbons (Fsp3) is 0.895. The van der Waals surface area contributed by atoms with Gasteiger partial charge in [-0.25, -0.2) is 0 Å². The molecule has 1 rings (SSSR count). The van der Waals surface area contributed by atoms with Gasteiger partial charge in [0.1, 0.15) is 0 Å². The first-order chi connectivity index (χ1) is 11.5. The summed E-state index contributed by atoms with van der Waals surface area (Å²) in [4.78, 5) is 25.7. The highest BCUT2D eigenvalue weighted by molar-refractivity contribution is 5.77. The number of hydrogen-bond acceptors (Lipinski definition) is 4. The molecule has 0 saturated heterocycles. The quantitative estimate of drug-likeness (QED) is 0.426. The standard InChI is InChI=1S/C19H35NO4/c1-16(2)24-15-7-13-20(14-12-19(22)23-3)18(21)11-10-17-8-5-4-6-9-17/h16-17H,4-15H2,1-3H3. The summed E-state index contributed by atoms with van der Waals surface area (Å²) in [5.74, 6) is 0.599. The maximum Gasteiger partial charge on any atom is 0.307 e. The monoisotopic (exact) mass is 341 g/mol. The van der Waals surface area contributed by atoms with Gasteiger partial charge in [0.15, 0.2) is 0 Å². The fourth-order valence-corrected chi connectivity index (χ4v) is 3.23. The van der Waals surface area contributed by atoms with Crippen LogP contribution in [-0.2, 0) is 19.1 Å². The second-order valence-corrected chi connectivity index (χ2v) is 7.02. The SMILES string of the molecule is COC(=O)CCN(CCCOC(C)C)C(=O)CCC1CCCCC1. The van der Waals surface area contributed by atoms with Crippen molar-refractivity contribution >= 4 is 11.9 Å². The zero-order valence-corrected chi connectivity index (χ0v) is 15.7. The minimum absolute atomic E-state index is 0.161. The highest BCUT2D eigenvalue weighted by Crippen LogP contribution is 2.27. The lowest BCUT2D eigenvalue weighted by Crippen LogP contribution is -2.35. The average Bonchev–Trinajstić information content (AvgIpc) is 2.59. The highest BCUT2D eigenvalue weighted by atomic mass is 16.5. The van der Waals surface area contributed by atoms with Gasteiger partial charge < -0.3 is 14.4 Å². The molecule has 5 nitrogen and oxygen atoms in total. The molecule has 24 heavy (non-hydrogen) atoms. The highest BCUT2D eigenvalue weighted by Gasteiger charge is 2.19. The van der Waals surface area contributed by atoms with Crippen molar-refractivity contribution in [2.75, 3.05) is 26.8 Å². The zero-order valence-electron chi connectivity index (χ0n) is 15.7.